The molecule has 0 bridgehead atoms. The minimum atomic E-state index is -3.63. The Kier molecular flexibility index (Phi) is 7.23. The molecular weight excluding hydrogens is 508 g/mol. The lowest BCUT2D eigenvalue weighted by atomic mass is 10.1. The average molecular weight is 533 g/mol. The maximum absolute atomic E-state index is 12.9. The normalized spacial score (nSPS) is 14.3. The van der Waals surface area contributed by atoms with Gasteiger partial charge in [0.05, 0.1) is 27.0 Å². The highest BCUT2D eigenvalue weighted by Gasteiger charge is 2.27. The molecule has 2 heterocycles. The van der Waals surface area contributed by atoms with Gasteiger partial charge in [-0.1, -0.05) is 60.1 Å². The first-order chi connectivity index (χ1) is 17.9. The molecule has 0 radical (unpaired) electrons. The van der Waals surface area contributed by atoms with Gasteiger partial charge in [0.1, 0.15) is 0 Å². The van der Waals surface area contributed by atoms with Gasteiger partial charge in [0, 0.05) is 36.5 Å². The summed E-state index contributed by atoms with van der Waals surface area (Å²) in [6.45, 7) is 0.992. The molecule has 0 aliphatic carbocycles. The zero-order valence-corrected chi connectivity index (χ0v) is 21.5. The number of nitrogens with one attached hydrogen (secondary N) is 1. The van der Waals surface area contributed by atoms with Crippen molar-refractivity contribution in [3.63, 3.8) is 0 Å². The Balaban J connectivity index is 1.40. The zero-order chi connectivity index (χ0) is 25.8. The van der Waals surface area contributed by atoms with Crippen molar-refractivity contribution >= 4 is 39.3 Å². The summed E-state index contributed by atoms with van der Waals surface area (Å²) < 4.78 is 29.1. The fourth-order valence-corrected chi connectivity index (χ4v) is 5.93. The number of rotatable bonds is 7. The Morgan fingerprint density at radius 1 is 0.946 bits per heavy atom. The second-order valence-electron chi connectivity index (χ2n) is 8.65. The lowest BCUT2D eigenvalue weighted by Gasteiger charge is -2.16. The van der Waals surface area contributed by atoms with Crippen LogP contribution in [-0.4, -0.2) is 41.5 Å². The number of aromatic nitrogens is 2. The molecule has 37 heavy (non-hydrogen) atoms. The van der Waals surface area contributed by atoms with Crippen molar-refractivity contribution in [3.8, 4) is 16.9 Å². The van der Waals surface area contributed by atoms with Crippen molar-refractivity contribution in [3.05, 3.63) is 102 Å². The van der Waals surface area contributed by atoms with E-state index in [1.54, 1.807) is 10.8 Å². The predicted octanol–water partition coefficient (Wildman–Crippen LogP) is 5.63. The molecule has 188 valence electrons. The van der Waals surface area contributed by atoms with Crippen LogP contribution in [0.1, 0.15) is 18.4 Å². The molecule has 0 atom stereocenters. The molecule has 1 aliphatic rings. The van der Waals surface area contributed by atoms with Crippen molar-refractivity contribution in [2.45, 2.75) is 17.7 Å². The van der Waals surface area contributed by atoms with Gasteiger partial charge < -0.3 is 5.32 Å². The van der Waals surface area contributed by atoms with Gasteiger partial charge in [-0.05, 0) is 49.2 Å². The molecule has 3 aromatic carbocycles. The number of benzene rings is 3. The van der Waals surface area contributed by atoms with Crippen molar-refractivity contribution in [1.82, 2.24) is 14.1 Å². The van der Waals surface area contributed by atoms with Crippen LogP contribution >= 0.6 is 11.6 Å². The Morgan fingerprint density at radius 2 is 1.62 bits per heavy atom. The SMILES string of the molecule is O=C(C=Cc1cn(-c2ccccc2)nc1-c1ccccc1)Nc1cc(S(=O)(=O)N2CCCC2)ccc1Cl. The fourth-order valence-electron chi connectivity index (χ4n) is 4.22. The maximum Gasteiger partial charge on any atom is 0.248 e. The van der Waals surface area contributed by atoms with Gasteiger partial charge in [0.2, 0.25) is 15.9 Å². The van der Waals surface area contributed by atoms with Gasteiger partial charge in [-0.2, -0.15) is 9.40 Å². The number of para-hydroxylation sites is 1. The third kappa shape index (κ3) is 5.51. The second kappa shape index (κ2) is 10.7. The molecule has 0 unspecified atom stereocenters. The lowest BCUT2D eigenvalue weighted by Crippen LogP contribution is -2.27. The number of nitrogens with zero attached hydrogens (tertiary/aromatic N) is 3. The van der Waals surface area contributed by atoms with Gasteiger partial charge in [0.25, 0.3) is 0 Å². The molecular formula is C28H25ClN4O3S. The van der Waals surface area contributed by atoms with E-state index >= 15 is 0 Å². The Bertz CT molecular complexity index is 1550. The summed E-state index contributed by atoms with van der Waals surface area (Å²) >= 11 is 6.28. The van der Waals surface area contributed by atoms with Crippen LogP contribution in [-0.2, 0) is 14.8 Å². The first-order valence-electron chi connectivity index (χ1n) is 11.9. The van der Waals surface area contributed by atoms with Crippen LogP contribution in [0.15, 0.2) is 96.0 Å². The largest absolute Gasteiger partial charge is 0.321 e. The van der Waals surface area contributed by atoms with E-state index in [4.69, 9.17) is 16.7 Å². The van der Waals surface area contributed by atoms with E-state index in [1.165, 1.54) is 28.6 Å². The highest BCUT2D eigenvalue weighted by Crippen LogP contribution is 2.29. The molecule has 1 aromatic heterocycles. The van der Waals surface area contributed by atoms with Crippen LogP contribution in [0.4, 0.5) is 5.69 Å². The molecule has 1 aliphatic heterocycles. The van der Waals surface area contributed by atoms with E-state index in [-0.39, 0.29) is 15.6 Å². The van der Waals surface area contributed by atoms with E-state index in [0.29, 0.717) is 13.1 Å². The minimum Gasteiger partial charge on any atom is -0.321 e. The summed E-state index contributed by atoms with van der Waals surface area (Å²) in [5.41, 5.74) is 3.53. The third-order valence-corrected chi connectivity index (χ3v) is 8.35. The molecule has 1 N–H and O–H groups in total. The lowest BCUT2D eigenvalue weighted by molar-refractivity contribution is -0.111. The van der Waals surface area contributed by atoms with Crippen LogP contribution in [0.5, 0.6) is 0 Å². The molecule has 1 fully saturated rings. The summed E-state index contributed by atoms with van der Waals surface area (Å²) in [4.78, 5) is 12.9. The molecule has 0 saturated carbocycles. The number of carbonyl (C=O) groups is 1. The maximum atomic E-state index is 12.9. The van der Waals surface area contributed by atoms with Gasteiger partial charge in [-0.25, -0.2) is 13.1 Å². The number of hydrogen-bond donors (Lipinski definition) is 1. The van der Waals surface area contributed by atoms with Crippen LogP contribution in [0.25, 0.3) is 23.0 Å². The number of anilines is 1. The zero-order valence-electron chi connectivity index (χ0n) is 19.9. The number of halogens is 1. The van der Waals surface area contributed by atoms with Gasteiger partial charge in [-0.15, -0.1) is 0 Å². The van der Waals surface area contributed by atoms with Crippen molar-refractivity contribution in [1.29, 1.82) is 0 Å². The quantitative estimate of drug-likeness (QED) is 0.313. The fraction of sp³-hybridized carbons (Fsp3) is 0.143. The minimum absolute atomic E-state index is 0.105. The van der Waals surface area contributed by atoms with E-state index in [9.17, 15) is 13.2 Å². The van der Waals surface area contributed by atoms with Gasteiger partial charge in [-0.3, -0.25) is 4.79 Å². The molecule has 7 nitrogen and oxygen atoms in total. The molecule has 4 aromatic rings. The molecule has 0 spiro atoms. The monoisotopic (exact) mass is 532 g/mol. The first-order valence-corrected chi connectivity index (χ1v) is 13.7. The summed E-state index contributed by atoms with van der Waals surface area (Å²) in [7, 11) is -3.63. The number of hydrogen-bond acceptors (Lipinski definition) is 4. The standard InChI is InChI=1S/C28H25ClN4O3S/c29-25-15-14-24(37(35,36)32-17-7-8-18-32)19-26(25)30-27(34)16-13-22-20-33(23-11-5-2-6-12-23)31-28(22)21-9-3-1-4-10-21/h1-6,9-16,19-20H,7-8,17-18H2,(H,30,34). The van der Waals surface area contributed by atoms with Crippen LogP contribution in [0, 0.1) is 0 Å². The van der Waals surface area contributed by atoms with E-state index < -0.39 is 15.9 Å². The Labute approximate surface area is 221 Å². The van der Waals surface area contributed by atoms with Crippen LogP contribution in [0.3, 0.4) is 0 Å². The average Bonchev–Trinajstić information content (AvgIpc) is 3.61. The Morgan fingerprint density at radius 3 is 2.32 bits per heavy atom. The van der Waals surface area contributed by atoms with Crippen molar-refractivity contribution < 1.29 is 13.2 Å². The Hall–Kier alpha value is -3.72. The highest BCUT2D eigenvalue weighted by molar-refractivity contribution is 7.89. The van der Waals surface area contributed by atoms with Gasteiger partial charge >= 0.3 is 0 Å². The van der Waals surface area contributed by atoms with Crippen molar-refractivity contribution in [2.24, 2.45) is 0 Å². The molecule has 5 rings (SSSR count). The summed E-state index contributed by atoms with van der Waals surface area (Å²) in [5.74, 6) is -0.441. The van der Waals surface area contributed by atoms with Crippen LogP contribution < -0.4 is 5.32 Å². The molecule has 9 heteroatoms. The topological polar surface area (TPSA) is 84.3 Å². The highest BCUT2D eigenvalue weighted by atomic mass is 35.5. The van der Waals surface area contributed by atoms with Crippen molar-refractivity contribution in [2.75, 3.05) is 18.4 Å². The van der Waals surface area contributed by atoms with Gasteiger partial charge in [0.15, 0.2) is 0 Å². The third-order valence-electron chi connectivity index (χ3n) is 6.12. The van der Waals surface area contributed by atoms with E-state index in [1.807, 2.05) is 66.9 Å². The van der Waals surface area contributed by atoms with Crippen LogP contribution in [0.2, 0.25) is 5.02 Å². The summed E-state index contributed by atoms with van der Waals surface area (Å²) in [6, 6.07) is 23.8. The number of amides is 1. The predicted molar refractivity (Wildman–Crippen MR) is 146 cm³/mol. The molecule has 1 saturated heterocycles. The number of sulfonamides is 1. The van der Waals surface area contributed by atoms with E-state index in [0.717, 1.165) is 35.3 Å². The van der Waals surface area contributed by atoms with E-state index in [2.05, 4.69) is 5.32 Å². The first kappa shape index (κ1) is 25.0. The molecule has 1 amide bonds. The second-order valence-corrected chi connectivity index (χ2v) is 11.0. The number of carbonyl (C=O) groups excluding carboxylic acids is 1. The summed E-state index contributed by atoms with van der Waals surface area (Å²) in [5, 5.41) is 7.71. The smallest absolute Gasteiger partial charge is 0.248 e. The summed E-state index contributed by atoms with van der Waals surface area (Å²) in [6.07, 6.45) is 6.61.